The van der Waals surface area contributed by atoms with E-state index in [0.717, 1.165) is 28.7 Å². The summed E-state index contributed by atoms with van der Waals surface area (Å²) in [5.74, 6) is 1.73. The zero-order valence-corrected chi connectivity index (χ0v) is 13.9. The van der Waals surface area contributed by atoms with Crippen molar-refractivity contribution in [2.45, 2.75) is 20.3 Å². The molecule has 1 aromatic carbocycles. The Bertz CT molecular complexity index is 1010. The number of H-pyrrole nitrogens is 1. The summed E-state index contributed by atoms with van der Waals surface area (Å²) in [6, 6.07) is 9.46. The molecule has 0 saturated heterocycles. The number of carbonyl (C=O) groups is 1. The molecule has 0 fully saturated rings. The van der Waals surface area contributed by atoms with Crippen LogP contribution in [0.15, 0.2) is 45.0 Å². The summed E-state index contributed by atoms with van der Waals surface area (Å²) in [6.07, 6.45) is 2.73. The highest BCUT2D eigenvalue weighted by Gasteiger charge is 2.17. The zero-order chi connectivity index (χ0) is 17.4. The lowest BCUT2D eigenvalue weighted by Gasteiger charge is -2.14. The van der Waals surface area contributed by atoms with Crippen LogP contribution in [0, 0.1) is 5.92 Å². The Morgan fingerprint density at radius 1 is 1.32 bits per heavy atom. The van der Waals surface area contributed by atoms with E-state index in [1.807, 2.05) is 24.4 Å². The average molecular weight is 335 g/mol. The molecule has 25 heavy (non-hydrogen) atoms. The molecule has 2 N–H and O–H groups in total. The third kappa shape index (κ3) is 2.96. The largest absolute Gasteiger partial charge is 0.437 e. The number of aromatic amines is 1. The number of carbonyl (C=O) groups excluding carboxylic acids is 1. The van der Waals surface area contributed by atoms with E-state index in [2.05, 4.69) is 32.4 Å². The second-order valence-electron chi connectivity index (χ2n) is 6.08. The first-order valence-electron chi connectivity index (χ1n) is 8.07. The normalized spacial score (nSPS) is 16.9. The van der Waals surface area contributed by atoms with Crippen molar-refractivity contribution in [2.24, 2.45) is 16.1 Å². The highest BCUT2D eigenvalue weighted by Crippen LogP contribution is 2.26. The summed E-state index contributed by atoms with van der Waals surface area (Å²) >= 11 is 0. The predicted molar refractivity (Wildman–Crippen MR) is 96.9 cm³/mol. The fourth-order valence-electron chi connectivity index (χ4n) is 2.85. The van der Waals surface area contributed by atoms with Crippen LogP contribution in [0.1, 0.15) is 25.8 Å². The van der Waals surface area contributed by atoms with E-state index in [1.54, 1.807) is 12.1 Å². The van der Waals surface area contributed by atoms with Gasteiger partial charge in [-0.2, -0.15) is 10.2 Å². The predicted octanol–water partition coefficient (Wildman–Crippen LogP) is 3.60. The maximum atomic E-state index is 11.1. The summed E-state index contributed by atoms with van der Waals surface area (Å²) in [7, 11) is 0. The lowest BCUT2D eigenvalue weighted by atomic mass is 9.95. The molecule has 7 heteroatoms. The Morgan fingerprint density at radius 3 is 3.00 bits per heavy atom. The van der Waals surface area contributed by atoms with Crippen molar-refractivity contribution in [3.8, 4) is 11.6 Å². The lowest BCUT2D eigenvalue weighted by Crippen LogP contribution is -2.15. The van der Waals surface area contributed by atoms with E-state index in [9.17, 15) is 4.79 Å². The Hall–Kier alpha value is -3.22. The number of hydrogen-bond donors (Lipinski definition) is 2. The Kier molecular flexibility index (Phi) is 3.68. The number of anilines is 1. The van der Waals surface area contributed by atoms with Crippen molar-refractivity contribution < 1.29 is 9.21 Å². The summed E-state index contributed by atoms with van der Waals surface area (Å²) in [5, 5.41) is 10.9. The van der Waals surface area contributed by atoms with Crippen LogP contribution >= 0.6 is 0 Å². The number of nitrogens with one attached hydrogen (secondary N) is 2. The van der Waals surface area contributed by atoms with Gasteiger partial charge in [-0.05, 0) is 24.6 Å². The van der Waals surface area contributed by atoms with Gasteiger partial charge in [-0.25, -0.2) is 4.98 Å². The summed E-state index contributed by atoms with van der Waals surface area (Å²) in [6.45, 7) is 3.57. The molecular formula is C18H17N5O2. The fraction of sp³-hybridized carbons (Fsp3) is 0.222. The van der Waals surface area contributed by atoms with Gasteiger partial charge in [0.1, 0.15) is 0 Å². The molecule has 0 spiro atoms. The van der Waals surface area contributed by atoms with Gasteiger partial charge in [-0.3, -0.25) is 10.1 Å². The number of nitrogens with zero attached hydrogens (tertiary/aromatic N) is 3. The first kappa shape index (κ1) is 15.3. The van der Waals surface area contributed by atoms with Gasteiger partial charge in [-0.15, -0.1) is 0 Å². The highest BCUT2D eigenvalue weighted by molar-refractivity contribution is 6.05. The summed E-state index contributed by atoms with van der Waals surface area (Å²) < 4.78 is 5.61. The zero-order valence-electron chi connectivity index (χ0n) is 13.9. The summed E-state index contributed by atoms with van der Waals surface area (Å²) in [5.41, 5.74) is 3.75. The lowest BCUT2D eigenvalue weighted by molar-refractivity contribution is -0.114. The molecule has 2 aromatic heterocycles. The van der Waals surface area contributed by atoms with Gasteiger partial charge >= 0.3 is 0 Å². The minimum atomic E-state index is -0.180. The fourth-order valence-corrected chi connectivity index (χ4v) is 2.85. The average Bonchev–Trinajstić information content (AvgIpc) is 3.20. The molecule has 1 aliphatic heterocycles. The molecule has 3 heterocycles. The number of aromatic nitrogens is 2. The first-order valence-corrected chi connectivity index (χ1v) is 8.07. The number of imidazole rings is 1. The molecule has 3 aromatic rings. The molecule has 126 valence electrons. The number of fused-ring (bicyclic) bond motifs is 1. The van der Waals surface area contributed by atoms with Gasteiger partial charge in [0.2, 0.25) is 5.91 Å². The van der Waals surface area contributed by atoms with Crippen LogP contribution in [-0.2, 0) is 4.79 Å². The van der Waals surface area contributed by atoms with Crippen LogP contribution < -0.4 is 5.32 Å². The highest BCUT2D eigenvalue weighted by atomic mass is 16.4. The van der Waals surface area contributed by atoms with Crippen molar-refractivity contribution in [1.82, 2.24) is 9.97 Å². The Labute approximate surface area is 143 Å². The number of rotatable bonds is 3. The standard InChI is InChI=1S/C18H17N5O2/c1-10-7-8-19-23-17(10)12-3-4-13-14(9-12)22-18(21-13)15-5-6-16(25-15)20-11(2)24/h3-6,8-10H,7H2,1-2H3,(H,20,24)(H,21,22). The van der Waals surface area contributed by atoms with Crippen molar-refractivity contribution >= 4 is 34.8 Å². The van der Waals surface area contributed by atoms with Crippen molar-refractivity contribution in [3.05, 3.63) is 35.9 Å². The van der Waals surface area contributed by atoms with Crippen LogP contribution in [-0.4, -0.2) is 27.8 Å². The smallest absolute Gasteiger partial charge is 0.223 e. The van der Waals surface area contributed by atoms with Crippen LogP contribution in [0.3, 0.4) is 0 Å². The molecule has 1 atom stereocenters. The number of hydrogen-bond acceptors (Lipinski definition) is 5. The molecule has 1 unspecified atom stereocenters. The first-order chi connectivity index (χ1) is 12.1. The van der Waals surface area contributed by atoms with Crippen LogP contribution in [0.4, 0.5) is 5.88 Å². The number of amides is 1. The minimum absolute atomic E-state index is 0.180. The Balaban J connectivity index is 1.69. The van der Waals surface area contributed by atoms with Gasteiger partial charge in [0, 0.05) is 30.7 Å². The molecule has 0 radical (unpaired) electrons. The van der Waals surface area contributed by atoms with Crippen molar-refractivity contribution in [3.63, 3.8) is 0 Å². The maximum Gasteiger partial charge on any atom is 0.223 e. The minimum Gasteiger partial charge on any atom is -0.437 e. The van der Waals surface area contributed by atoms with E-state index in [1.165, 1.54) is 6.92 Å². The molecule has 4 rings (SSSR count). The van der Waals surface area contributed by atoms with Crippen molar-refractivity contribution in [2.75, 3.05) is 5.32 Å². The molecule has 1 aliphatic rings. The van der Waals surface area contributed by atoms with E-state index in [-0.39, 0.29) is 5.91 Å². The van der Waals surface area contributed by atoms with Crippen LogP contribution in [0.5, 0.6) is 0 Å². The third-order valence-electron chi connectivity index (χ3n) is 4.09. The molecular weight excluding hydrogens is 318 g/mol. The van der Waals surface area contributed by atoms with Gasteiger partial charge in [0.25, 0.3) is 0 Å². The third-order valence-corrected chi connectivity index (χ3v) is 4.09. The van der Waals surface area contributed by atoms with Gasteiger partial charge in [0.15, 0.2) is 17.5 Å². The molecule has 0 saturated carbocycles. The van der Waals surface area contributed by atoms with E-state index < -0.39 is 0 Å². The van der Waals surface area contributed by atoms with Gasteiger partial charge in [-0.1, -0.05) is 13.0 Å². The SMILES string of the molecule is CC(=O)Nc1ccc(-c2nc3ccc(C4=NN=CCC4C)cc3[nH]2)o1. The molecule has 0 bridgehead atoms. The second-order valence-corrected chi connectivity index (χ2v) is 6.08. The molecule has 7 nitrogen and oxygen atoms in total. The van der Waals surface area contributed by atoms with E-state index in [4.69, 9.17) is 4.42 Å². The molecule has 1 amide bonds. The maximum absolute atomic E-state index is 11.1. The van der Waals surface area contributed by atoms with E-state index in [0.29, 0.717) is 23.4 Å². The van der Waals surface area contributed by atoms with Gasteiger partial charge < -0.3 is 9.40 Å². The summed E-state index contributed by atoms with van der Waals surface area (Å²) in [4.78, 5) is 18.9. The van der Waals surface area contributed by atoms with E-state index >= 15 is 0 Å². The second kappa shape index (κ2) is 6.01. The number of furan rings is 1. The topological polar surface area (TPSA) is 95.6 Å². The molecule has 0 aliphatic carbocycles. The van der Waals surface area contributed by atoms with Crippen molar-refractivity contribution in [1.29, 1.82) is 0 Å². The Morgan fingerprint density at radius 2 is 2.20 bits per heavy atom. The monoisotopic (exact) mass is 335 g/mol. The quantitative estimate of drug-likeness (QED) is 0.765. The van der Waals surface area contributed by atoms with Gasteiger partial charge in [0.05, 0.1) is 16.7 Å². The number of benzene rings is 1. The van der Waals surface area contributed by atoms with Crippen LogP contribution in [0.25, 0.3) is 22.6 Å². The van der Waals surface area contributed by atoms with Crippen LogP contribution in [0.2, 0.25) is 0 Å².